The van der Waals surface area contributed by atoms with Gasteiger partial charge in [0.2, 0.25) is 0 Å². The zero-order valence-electron chi connectivity index (χ0n) is 10.6. The summed E-state index contributed by atoms with van der Waals surface area (Å²) in [6, 6.07) is 8.23. The fourth-order valence-corrected chi connectivity index (χ4v) is 2.20. The molecule has 0 saturated heterocycles. The Balaban J connectivity index is 2.09. The molecule has 5 heteroatoms. The first kappa shape index (κ1) is 11.5. The highest BCUT2D eigenvalue weighted by molar-refractivity contribution is 5.97. The number of amides is 1. The number of nitrogens with one attached hydrogen (secondary N) is 1. The summed E-state index contributed by atoms with van der Waals surface area (Å²) >= 11 is 0. The smallest absolute Gasteiger partial charge is 0.271 e. The zero-order chi connectivity index (χ0) is 13.4. The van der Waals surface area contributed by atoms with Crippen molar-refractivity contribution in [1.82, 2.24) is 9.55 Å². The van der Waals surface area contributed by atoms with E-state index in [2.05, 4.69) is 47.6 Å². The van der Waals surface area contributed by atoms with Gasteiger partial charge in [-0.05, 0) is 18.6 Å². The summed E-state index contributed by atoms with van der Waals surface area (Å²) in [6.45, 7) is 2.70. The highest BCUT2D eigenvalue weighted by Gasteiger charge is 2.20. The van der Waals surface area contributed by atoms with Crippen LogP contribution in [-0.4, -0.2) is 22.0 Å². The lowest BCUT2D eigenvalue weighted by atomic mass is 10.1. The summed E-state index contributed by atoms with van der Waals surface area (Å²) in [6.07, 6.45) is 3.68. The van der Waals surface area contributed by atoms with Gasteiger partial charge in [0.15, 0.2) is 5.69 Å². The molecule has 5 nitrogen and oxygen atoms in total. The molecule has 1 aromatic carbocycles. The molecule has 96 valence electrons. The van der Waals surface area contributed by atoms with E-state index in [0.29, 0.717) is 12.4 Å². The highest BCUT2D eigenvalue weighted by atomic mass is 16.1. The Labute approximate surface area is 110 Å². The Bertz CT molecular complexity index is 667. The molecule has 1 aliphatic heterocycles. The van der Waals surface area contributed by atoms with Crippen LogP contribution in [0.15, 0.2) is 36.7 Å². The first-order chi connectivity index (χ1) is 9.16. The van der Waals surface area contributed by atoms with E-state index in [4.69, 9.17) is 5.73 Å². The molecule has 0 fully saturated rings. The molecular formula is C14H14N4O. The van der Waals surface area contributed by atoms with Gasteiger partial charge < -0.3 is 11.1 Å². The largest absolute Gasteiger partial charge is 0.366 e. The summed E-state index contributed by atoms with van der Waals surface area (Å²) in [4.78, 5) is 15.4. The maximum atomic E-state index is 11.3. The number of carbonyl (C=O) groups excluding carboxylic acids is 1. The molecule has 0 bridgehead atoms. The van der Waals surface area contributed by atoms with E-state index in [1.54, 1.807) is 6.33 Å². The van der Waals surface area contributed by atoms with Crippen molar-refractivity contribution in [1.29, 1.82) is 0 Å². The Morgan fingerprint density at radius 1 is 1.37 bits per heavy atom. The van der Waals surface area contributed by atoms with Gasteiger partial charge in [0, 0.05) is 6.54 Å². The number of fused-ring (bicyclic) bond motifs is 1. The highest BCUT2D eigenvalue weighted by Crippen LogP contribution is 2.27. The monoisotopic (exact) mass is 254 g/mol. The number of primary amides is 1. The molecule has 0 radical (unpaired) electrons. The first-order valence-corrected chi connectivity index (χ1v) is 6.05. The maximum Gasteiger partial charge on any atom is 0.271 e. The molecule has 2 aromatic rings. The zero-order valence-corrected chi connectivity index (χ0v) is 10.6. The van der Waals surface area contributed by atoms with Gasteiger partial charge in [0.05, 0.1) is 5.70 Å². The van der Waals surface area contributed by atoms with Gasteiger partial charge in [-0.2, -0.15) is 0 Å². The van der Waals surface area contributed by atoms with Crippen LogP contribution in [0, 0.1) is 6.92 Å². The van der Waals surface area contributed by atoms with Gasteiger partial charge in [-0.3, -0.25) is 9.36 Å². The standard InChI is InChI=1S/C14H14N4O/c1-9-2-4-10(5-3-9)11-6-7-16-14-12(13(15)19)17-8-18(11)14/h2-6,8,16H,7H2,1H3,(H2,15,19). The van der Waals surface area contributed by atoms with Crippen LogP contribution >= 0.6 is 0 Å². The van der Waals surface area contributed by atoms with Crippen molar-refractivity contribution in [2.45, 2.75) is 6.92 Å². The van der Waals surface area contributed by atoms with Crippen LogP contribution in [0.4, 0.5) is 5.82 Å². The second kappa shape index (κ2) is 4.28. The van der Waals surface area contributed by atoms with Gasteiger partial charge in [-0.25, -0.2) is 4.98 Å². The molecule has 19 heavy (non-hydrogen) atoms. The van der Waals surface area contributed by atoms with E-state index in [1.807, 2.05) is 4.57 Å². The van der Waals surface area contributed by atoms with Crippen LogP contribution in [-0.2, 0) is 0 Å². The van der Waals surface area contributed by atoms with Gasteiger partial charge in [0.25, 0.3) is 5.91 Å². The predicted octanol–water partition coefficient (Wildman–Crippen LogP) is 1.61. The third kappa shape index (κ3) is 1.89. The maximum absolute atomic E-state index is 11.3. The van der Waals surface area contributed by atoms with Crippen molar-refractivity contribution >= 4 is 17.4 Å². The molecule has 0 atom stereocenters. The summed E-state index contributed by atoms with van der Waals surface area (Å²) in [5.74, 6) is 0.136. The minimum atomic E-state index is -0.522. The molecule has 1 amide bonds. The molecule has 0 spiro atoms. The third-order valence-corrected chi connectivity index (χ3v) is 3.17. The van der Waals surface area contributed by atoms with E-state index in [1.165, 1.54) is 5.56 Å². The number of aromatic nitrogens is 2. The van der Waals surface area contributed by atoms with Crippen molar-refractivity contribution in [3.8, 4) is 0 Å². The fourth-order valence-electron chi connectivity index (χ4n) is 2.20. The Hall–Kier alpha value is -2.56. The number of nitrogens with two attached hydrogens (primary N) is 1. The molecule has 1 aromatic heterocycles. The number of hydrogen-bond acceptors (Lipinski definition) is 3. The average molecular weight is 254 g/mol. The molecule has 3 rings (SSSR count). The summed E-state index contributed by atoms with van der Waals surface area (Å²) < 4.78 is 1.86. The lowest BCUT2D eigenvalue weighted by molar-refractivity contribution is 0.0997. The molecule has 2 heterocycles. The van der Waals surface area contributed by atoms with Crippen molar-refractivity contribution in [2.24, 2.45) is 5.73 Å². The number of hydrogen-bond donors (Lipinski definition) is 2. The predicted molar refractivity (Wildman–Crippen MR) is 73.8 cm³/mol. The lowest BCUT2D eigenvalue weighted by Gasteiger charge is -2.19. The van der Waals surface area contributed by atoms with Crippen LogP contribution < -0.4 is 11.1 Å². The van der Waals surface area contributed by atoms with E-state index in [9.17, 15) is 4.79 Å². The number of anilines is 1. The summed E-state index contributed by atoms with van der Waals surface area (Å²) in [7, 11) is 0. The lowest BCUT2D eigenvalue weighted by Crippen LogP contribution is -2.19. The number of nitrogens with zero attached hydrogens (tertiary/aromatic N) is 2. The second-order valence-corrected chi connectivity index (χ2v) is 4.51. The molecular weight excluding hydrogens is 240 g/mol. The molecule has 1 aliphatic rings. The molecule has 0 aliphatic carbocycles. The quantitative estimate of drug-likeness (QED) is 0.855. The van der Waals surface area contributed by atoms with Crippen molar-refractivity contribution in [2.75, 3.05) is 11.9 Å². The number of aryl methyl sites for hydroxylation is 1. The van der Waals surface area contributed by atoms with Gasteiger partial charge in [0.1, 0.15) is 12.1 Å². The normalized spacial score (nSPS) is 13.4. The van der Waals surface area contributed by atoms with Crippen LogP contribution in [0.25, 0.3) is 5.70 Å². The van der Waals surface area contributed by atoms with Crippen LogP contribution in [0.1, 0.15) is 21.6 Å². The van der Waals surface area contributed by atoms with Crippen molar-refractivity contribution in [3.05, 3.63) is 53.5 Å². The first-order valence-electron chi connectivity index (χ1n) is 6.05. The minimum absolute atomic E-state index is 0.276. The Morgan fingerprint density at radius 3 is 2.79 bits per heavy atom. The number of imidazole rings is 1. The van der Waals surface area contributed by atoms with Crippen molar-refractivity contribution < 1.29 is 4.79 Å². The number of carbonyl (C=O) groups is 1. The van der Waals surface area contributed by atoms with Crippen molar-refractivity contribution in [3.63, 3.8) is 0 Å². The van der Waals surface area contributed by atoms with Crippen LogP contribution in [0.3, 0.4) is 0 Å². The van der Waals surface area contributed by atoms with E-state index in [-0.39, 0.29) is 5.69 Å². The number of benzene rings is 1. The Kier molecular flexibility index (Phi) is 2.59. The van der Waals surface area contributed by atoms with Crippen LogP contribution in [0.5, 0.6) is 0 Å². The van der Waals surface area contributed by atoms with Gasteiger partial charge in [-0.1, -0.05) is 29.8 Å². The van der Waals surface area contributed by atoms with E-state index < -0.39 is 5.91 Å². The topological polar surface area (TPSA) is 72.9 Å². The number of rotatable bonds is 2. The summed E-state index contributed by atoms with van der Waals surface area (Å²) in [5, 5.41) is 3.13. The Morgan fingerprint density at radius 2 is 2.11 bits per heavy atom. The molecule has 3 N–H and O–H groups in total. The van der Waals surface area contributed by atoms with Gasteiger partial charge >= 0.3 is 0 Å². The van der Waals surface area contributed by atoms with E-state index in [0.717, 1.165) is 11.3 Å². The third-order valence-electron chi connectivity index (χ3n) is 3.17. The summed E-state index contributed by atoms with van der Waals surface area (Å²) in [5.41, 5.74) is 8.89. The minimum Gasteiger partial charge on any atom is -0.366 e. The van der Waals surface area contributed by atoms with Gasteiger partial charge in [-0.15, -0.1) is 0 Å². The second-order valence-electron chi connectivity index (χ2n) is 4.51. The van der Waals surface area contributed by atoms with Crippen LogP contribution in [0.2, 0.25) is 0 Å². The SMILES string of the molecule is Cc1ccc(C2=CCNc3c(C(N)=O)ncn32)cc1. The average Bonchev–Trinajstić information content (AvgIpc) is 2.83. The fraction of sp³-hybridized carbons (Fsp3) is 0.143. The molecule has 0 saturated carbocycles. The molecule has 0 unspecified atom stereocenters. The van der Waals surface area contributed by atoms with E-state index >= 15 is 0 Å².